The molecule has 0 bridgehead atoms. The molecule has 0 heterocycles. The molecule has 1 rings (SSSR count). The molecular formula is C9H9Cl2NO2. The highest BCUT2D eigenvalue weighted by atomic mass is 35.5. The summed E-state index contributed by atoms with van der Waals surface area (Å²) in [7, 11) is 0. The minimum Gasteiger partial charge on any atom is -0.274 e. The summed E-state index contributed by atoms with van der Waals surface area (Å²) in [6.07, 6.45) is 0. The van der Waals surface area contributed by atoms with Gasteiger partial charge in [0.1, 0.15) is 0 Å². The lowest BCUT2D eigenvalue weighted by atomic mass is 10.2. The fraction of sp³-hybridized carbons (Fsp3) is 0.222. The second-order valence-electron chi connectivity index (χ2n) is 2.47. The largest absolute Gasteiger partial charge is 0.276 e. The number of hydrogen-bond acceptors (Lipinski definition) is 2. The molecule has 0 aliphatic heterocycles. The first kappa shape index (κ1) is 11.3. The number of rotatable bonds is 3. The minimum absolute atomic E-state index is 0.228. The summed E-state index contributed by atoms with van der Waals surface area (Å²) in [4.78, 5) is 16.1. The summed E-state index contributed by atoms with van der Waals surface area (Å²) in [6, 6.07) is 4.83. The average Bonchev–Trinajstić information content (AvgIpc) is 2.18. The molecule has 0 aliphatic rings. The number of halogens is 2. The van der Waals surface area contributed by atoms with Crippen LogP contribution in [0.1, 0.15) is 17.3 Å². The van der Waals surface area contributed by atoms with Crippen molar-refractivity contribution < 1.29 is 9.63 Å². The van der Waals surface area contributed by atoms with Crippen molar-refractivity contribution in [3.63, 3.8) is 0 Å². The molecule has 14 heavy (non-hydrogen) atoms. The first-order valence-corrected chi connectivity index (χ1v) is 4.78. The van der Waals surface area contributed by atoms with E-state index < -0.39 is 5.91 Å². The summed E-state index contributed by atoms with van der Waals surface area (Å²) in [5.41, 5.74) is 2.53. The number of amides is 1. The van der Waals surface area contributed by atoms with Crippen LogP contribution in [0, 0.1) is 0 Å². The van der Waals surface area contributed by atoms with Crippen molar-refractivity contribution >= 4 is 29.1 Å². The van der Waals surface area contributed by atoms with Crippen molar-refractivity contribution in [3.05, 3.63) is 33.8 Å². The summed E-state index contributed by atoms with van der Waals surface area (Å²) in [5.74, 6) is -0.403. The highest BCUT2D eigenvalue weighted by Gasteiger charge is 2.11. The van der Waals surface area contributed by atoms with Gasteiger partial charge < -0.3 is 0 Å². The maximum absolute atomic E-state index is 11.4. The van der Waals surface area contributed by atoms with Gasteiger partial charge >= 0.3 is 0 Å². The molecule has 0 spiro atoms. The molecule has 0 saturated carbocycles. The predicted octanol–water partition coefficient (Wildman–Crippen LogP) is 2.67. The Morgan fingerprint density at radius 1 is 1.50 bits per heavy atom. The predicted molar refractivity (Wildman–Crippen MR) is 55.6 cm³/mol. The summed E-state index contributed by atoms with van der Waals surface area (Å²) < 4.78 is 0. The standard InChI is InChI=1S/C9H9Cl2NO2/c1-2-14-12-9(13)6-4-3-5-7(10)8(6)11/h3-5H,2H2,1H3,(H,12,13). The SMILES string of the molecule is CCONC(=O)c1cccc(Cl)c1Cl. The third-order valence-corrected chi connectivity index (χ3v) is 2.32. The molecule has 1 aromatic carbocycles. The van der Waals surface area contributed by atoms with Crippen LogP contribution in [0.4, 0.5) is 0 Å². The summed E-state index contributed by atoms with van der Waals surface area (Å²) in [6.45, 7) is 2.16. The van der Waals surface area contributed by atoms with Gasteiger partial charge in [-0.05, 0) is 19.1 Å². The Morgan fingerprint density at radius 3 is 2.86 bits per heavy atom. The van der Waals surface area contributed by atoms with E-state index in [0.29, 0.717) is 17.2 Å². The van der Waals surface area contributed by atoms with E-state index in [1.165, 1.54) is 0 Å². The molecule has 5 heteroatoms. The molecule has 0 fully saturated rings. The molecule has 1 amide bonds. The second-order valence-corrected chi connectivity index (χ2v) is 3.25. The van der Waals surface area contributed by atoms with Gasteiger partial charge in [-0.25, -0.2) is 5.48 Å². The first-order chi connectivity index (χ1) is 6.66. The van der Waals surface area contributed by atoms with Crippen molar-refractivity contribution in [3.8, 4) is 0 Å². The quantitative estimate of drug-likeness (QED) is 0.816. The van der Waals surface area contributed by atoms with Gasteiger partial charge in [-0.1, -0.05) is 29.3 Å². The zero-order valence-corrected chi connectivity index (χ0v) is 9.02. The molecule has 0 aromatic heterocycles. The van der Waals surface area contributed by atoms with Crippen LogP contribution in [-0.2, 0) is 4.84 Å². The van der Waals surface area contributed by atoms with E-state index in [4.69, 9.17) is 28.0 Å². The normalized spacial score (nSPS) is 9.93. The maximum Gasteiger partial charge on any atom is 0.276 e. The van der Waals surface area contributed by atoms with Gasteiger partial charge in [-0.15, -0.1) is 0 Å². The smallest absolute Gasteiger partial charge is 0.274 e. The van der Waals surface area contributed by atoms with Gasteiger partial charge in [-0.2, -0.15) is 0 Å². The Balaban J connectivity index is 2.84. The highest BCUT2D eigenvalue weighted by Crippen LogP contribution is 2.25. The Hall–Kier alpha value is -0.770. The Morgan fingerprint density at radius 2 is 2.21 bits per heavy atom. The Labute approximate surface area is 91.9 Å². The van der Waals surface area contributed by atoms with Crippen LogP contribution >= 0.6 is 23.2 Å². The van der Waals surface area contributed by atoms with Gasteiger partial charge in [0, 0.05) is 0 Å². The Kier molecular flexibility index (Phi) is 4.20. The minimum atomic E-state index is -0.403. The topological polar surface area (TPSA) is 38.3 Å². The monoisotopic (exact) mass is 233 g/mol. The number of carbonyl (C=O) groups excluding carboxylic acids is 1. The molecule has 0 saturated heterocycles. The van der Waals surface area contributed by atoms with Gasteiger partial charge in [-0.3, -0.25) is 9.63 Å². The van der Waals surface area contributed by atoms with Crippen LogP contribution < -0.4 is 5.48 Å². The van der Waals surface area contributed by atoms with Crippen molar-refractivity contribution in [2.45, 2.75) is 6.92 Å². The molecule has 0 unspecified atom stereocenters. The third-order valence-electron chi connectivity index (χ3n) is 1.51. The number of benzene rings is 1. The molecule has 3 nitrogen and oxygen atoms in total. The zero-order valence-electron chi connectivity index (χ0n) is 7.51. The molecule has 0 radical (unpaired) electrons. The molecule has 76 valence electrons. The summed E-state index contributed by atoms with van der Waals surface area (Å²) in [5, 5.41) is 0.571. The van der Waals surface area contributed by atoms with Crippen LogP contribution in [0.2, 0.25) is 10.0 Å². The highest BCUT2D eigenvalue weighted by molar-refractivity contribution is 6.43. The van der Waals surface area contributed by atoms with Crippen molar-refractivity contribution in [1.29, 1.82) is 0 Å². The van der Waals surface area contributed by atoms with Crippen molar-refractivity contribution in [1.82, 2.24) is 5.48 Å². The summed E-state index contributed by atoms with van der Waals surface area (Å²) >= 11 is 11.6. The van der Waals surface area contributed by atoms with Crippen LogP contribution in [0.15, 0.2) is 18.2 Å². The number of nitrogens with one attached hydrogen (secondary N) is 1. The molecule has 1 aromatic rings. The van der Waals surface area contributed by atoms with Gasteiger partial charge in [0.2, 0.25) is 0 Å². The number of hydrogen-bond donors (Lipinski definition) is 1. The van der Waals surface area contributed by atoms with Crippen molar-refractivity contribution in [2.75, 3.05) is 6.61 Å². The molecule has 1 N–H and O–H groups in total. The number of hydroxylamine groups is 1. The van der Waals surface area contributed by atoms with Gasteiger partial charge in [0.15, 0.2) is 0 Å². The lowest BCUT2D eigenvalue weighted by molar-refractivity contribution is 0.0364. The zero-order chi connectivity index (χ0) is 10.6. The van der Waals surface area contributed by atoms with E-state index in [1.807, 2.05) is 0 Å². The van der Waals surface area contributed by atoms with E-state index in [2.05, 4.69) is 5.48 Å². The first-order valence-electron chi connectivity index (χ1n) is 4.03. The second kappa shape index (κ2) is 5.20. The average molecular weight is 234 g/mol. The lowest BCUT2D eigenvalue weighted by Gasteiger charge is -2.05. The van der Waals surface area contributed by atoms with Crippen LogP contribution in [0.5, 0.6) is 0 Å². The van der Waals surface area contributed by atoms with Gasteiger partial charge in [0.05, 0.1) is 22.2 Å². The van der Waals surface area contributed by atoms with Gasteiger partial charge in [0.25, 0.3) is 5.91 Å². The lowest BCUT2D eigenvalue weighted by Crippen LogP contribution is -2.23. The fourth-order valence-electron chi connectivity index (χ4n) is 0.872. The maximum atomic E-state index is 11.4. The Bertz CT molecular complexity index is 342. The van der Waals surface area contributed by atoms with E-state index >= 15 is 0 Å². The van der Waals surface area contributed by atoms with Crippen LogP contribution in [0.3, 0.4) is 0 Å². The number of carbonyl (C=O) groups is 1. The van der Waals surface area contributed by atoms with E-state index in [-0.39, 0.29) is 5.02 Å². The van der Waals surface area contributed by atoms with E-state index in [0.717, 1.165) is 0 Å². The van der Waals surface area contributed by atoms with E-state index in [1.54, 1.807) is 25.1 Å². The molecule has 0 aliphatic carbocycles. The molecule has 0 atom stereocenters. The van der Waals surface area contributed by atoms with E-state index in [9.17, 15) is 4.79 Å². The molecular weight excluding hydrogens is 225 g/mol. The third kappa shape index (κ3) is 2.61. The van der Waals surface area contributed by atoms with Crippen LogP contribution in [-0.4, -0.2) is 12.5 Å². The van der Waals surface area contributed by atoms with Crippen LogP contribution in [0.25, 0.3) is 0 Å². The fourth-order valence-corrected chi connectivity index (χ4v) is 1.26. The van der Waals surface area contributed by atoms with Crippen molar-refractivity contribution in [2.24, 2.45) is 0 Å².